The summed E-state index contributed by atoms with van der Waals surface area (Å²) in [5.74, 6) is 2.00. The Morgan fingerprint density at radius 3 is 1.17 bits per heavy atom. The SMILES string of the molecule is C[Si](C)(C)Oc1cc2c(-c3ccccc3)cccc2[cH-]1.C[Si](C)(C)Oc1cc2c(-c3ccccc3)cccc2[cH-]1.C[Si]C.[Cl][Zr+2][Cl]. The van der Waals surface area contributed by atoms with E-state index in [2.05, 4.69) is 162 Å². The van der Waals surface area contributed by atoms with Crippen LogP contribution in [-0.4, -0.2) is 26.2 Å². The molecule has 0 heterocycles. The summed E-state index contributed by atoms with van der Waals surface area (Å²) in [5.41, 5.74) is 5.05. The zero-order valence-electron chi connectivity index (χ0n) is 28.1. The van der Waals surface area contributed by atoms with Gasteiger partial charge in [-0.05, 0) is 50.4 Å². The normalized spacial score (nSPS) is 10.8. The fourth-order valence-corrected chi connectivity index (χ4v) is 6.63. The van der Waals surface area contributed by atoms with Crippen molar-refractivity contribution < 1.29 is 29.7 Å². The molecule has 0 bridgehead atoms. The van der Waals surface area contributed by atoms with Gasteiger partial charge in [0, 0.05) is 21.0 Å². The average molecular weight is 779 g/mol. The van der Waals surface area contributed by atoms with Crippen LogP contribution in [0.5, 0.6) is 11.5 Å². The molecule has 46 heavy (non-hydrogen) atoms. The predicted molar refractivity (Wildman–Crippen MR) is 207 cm³/mol. The van der Waals surface area contributed by atoms with Gasteiger partial charge in [0.15, 0.2) is 0 Å². The topological polar surface area (TPSA) is 18.5 Å². The van der Waals surface area contributed by atoms with Crippen molar-refractivity contribution in [2.45, 2.75) is 52.4 Å². The molecule has 6 aromatic rings. The van der Waals surface area contributed by atoms with Gasteiger partial charge in [0.05, 0.1) is 0 Å². The van der Waals surface area contributed by atoms with E-state index >= 15 is 0 Å². The number of fused-ring (bicyclic) bond motifs is 2. The number of hydrogen-bond donors (Lipinski definition) is 0. The van der Waals surface area contributed by atoms with Gasteiger partial charge in [0.2, 0.25) is 16.6 Å². The van der Waals surface area contributed by atoms with Crippen LogP contribution in [0, 0.1) is 0 Å². The van der Waals surface area contributed by atoms with Gasteiger partial charge in [-0.1, -0.05) is 97.0 Å². The Balaban J connectivity index is 0.000000214. The molecule has 0 fully saturated rings. The second-order valence-electron chi connectivity index (χ2n) is 12.7. The third-order valence-corrected chi connectivity index (χ3v) is 8.16. The predicted octanol–water partition coefficient (Wildman–Crippen LogP) is 13.0. The van der Waals surface area contributed by atoms with Gasteiger partial charge in [-0.2, -0.15) is 0 Å². The molecule has 6 rings (SSSR count). The number of benzene rings is 4. The van der Waals surface area contributed by atoms with Crippen molar-refractivity contribution in [2.24, 2.45) is 0 Å². The van der Waals surface area contributed by atoms with Crippen molar-refractivity contribution in [2.75, 3.05) is 0 Å². The molecule has 0 aromatic heterocycles. The fourth-order valence-electron chi connectivity index (χ4n) is 4.98. The van der Waals surface area contributed by atoms with Crippen LogP contribution < -0.4 is 8.85 Å². The molecule has 2 radical (unpaired) electrons. The van der Waals surface area contributed by atoms with Gasteiger partial charge in [0.1, 0.15) is 0 Å². The Morgan fingerprint density at radius 1 is 0.543 bits per heavy atom. The standard InChI is InChI=1S/2C18H19OSi.C2H6Si.2ClH.Zr/c2*1-20(2,3)19-16-12-15-10-7-11-17(18(15)13-16)14-8-5-4-6-9-14;1-3-2;;;/h2*4-13H,1-3H3;1-2H3;2*1H;/q2*-1;;;;+4/p-2. The number of halogens is 2. The molecule has 6 aromatic carbocycles. The Kier molecular flexibility index (Phi) is 15.3. The molecule has 0 atom stereocenters. The number of rotatable bonds is 6. The van der Waals surface area contributed by atoms with Crippen LogP contribution in [0.4, 0.5) is 0 Å². The minimum absolute atomic E-state index is 0.826. The Hall–Kier alpha value is -2.19. The van der Waals surface area contributed by atoms with E-state index in [9.17, 15) is 0 Å². The molecule has 0 N–H and O–H groups in total. The molecule has 0 aliphatic carbocycles. The molecule has 0 spiro atoms. The van der Waals surface area contributed by atoms with Crippen LogP contribution in [0.3, 0.4) is 0 Å². The van der Waals surface area contributed by atoms with E-state index in [4.69, 9.17) is 25.9 Å². The molecule has 2 nitrogen and oxygen atoms in total. The molecule has 0 amide bonds. The van der Waals surface area contributed by atoms with E-state index in [0.29, 0.717) is 0 Å². The monoisotopic (exact) mass is 776 g/mol. The van der Waals surface area contributed by atoms with Crippen molar-refractivity contribution in [3.05, 3.63) is 121 Å². The van der Waals surface area contributed by atoms with Gasteiger partial charge in [-0.25, -0.2) is 0 Å². The van der Waals surface area contributed by atoms with Crippen molar-refractivity contribution in [3.8, 4) is 33.8 Å². The van der Waals surface area contributed by atoms with Crippen LogP contribution in [0.2, 0.25) is 52.4 Å². The summed E-state index contributed by atoms with van der Waals surface area (Å²) in [6.45, 7) is 17.6. The molecule has 8 heteroatoms. The van der Waals surface area contributed by atoms with Crippen LogP contribution >= 0.6 is 17.0 Å². The van der Waals surface area contributed by atoms with Crippen LogP contribution in [0.1, 0.15) is 0 Å². The summed E-state index contributed by atoms with van der Waals surface area (Å²) < 4.78 is 12.2. The molecule has 0 aliphatic rings. The average Bonchev–Trinajstić information content (AvgIpc) is 3.60. The molecule has 0 aliphatic heterocycles. The summed E-state index contributed by atoms with van der Waals surface area (Å²) >= 11 is -0.826. The van der Waals surface area contributed by atoms with Gasteiger partial charge in [-0.3, -0.25) is 0 Å². The van der Waals surface area contributed by atoms with Crippen LogP contribution in [0.25, 0.3) is 43.8 Å². The third-order valence-electron chi connectivity index (χ3n) is 6.47. The second-order valence-corrected chi connectivity index (χ2v) is 26.3. The molecule has 0 unspecified atom stereocenters. The fraction of sp³-hybridized carbons (Fsp3) is 0.211. The number of hydrogen-bond acceptors (Lipinski definition) is 2. The summed E-state index contributed by atoms with van der Waals surface area (Å²) in [6, 6.07) is 42.6. The zero-order chi connectivity index (χ0) is 33.7. The minimum atomic E-state index is -1.56. The van der Waals surface area contributed by atoms with E-state index in [-0.39, 0.29) is 0 Å². The Labute approximate surface area is 299 Å². The molecule has 238 valence electrons. The van der Waals surface area contributed by atoms with Crippen LogP contribution in [0.15, 0.2) is 121 Å². The summed E-state index contributed by atoms with van der Waals surface area (Å²) in [7, 11) is 7.84. The molecule has 0 saturated heterocycles. The van der Waals surface area contributed by atoms with E-state index in [1.807, 2.05) is 12.1 Å². The third kappa shape index (κ3) is 12.1. The Bertz CT molecular complexity index is 1620. The van der Waals surface area contributed by atoms with Crippen molar-refractivity contribution in [1.29, 1.82) is 0 Å². The molecular formula is C38H44Cl2O2Si3Zr. The van der Waals surface area contributed by atoms with Gasteiger partial charge >= 0.3 is 37.9 Å². The summed E-state index contributed by atoms with van der Waals surface area (Å²) in [6.07, 6.45) is 0. The first-order valence-corrected chi connectivity index (χ1v) is 30.5. The van der Waals surface area contributed by atoms with Gasteiger partial charge in [0.25, 0.3) is 0 Å². The summed E-state index contributed by atoms with van der Waals surface area (Å²) in [5, 5.41) is 5.04. The quantitative estimate of drug-likeness (QED) is 0.124. The van der Waals surface area contributed by atoms with E-state index in [1.54, 1.807) is 0 Å². The molecule has 0 saturated carbocycles. The van der Waals surface area contributed by atoms with E-state index < -0.39 is 37.5 Å². The summed E-state index contributed by atoms with van der Waals surface area (Å²) in [4.78, 5) is 0. The van der Waals surface area contributed by atoms with Crippen molar-refractivity contribution in [3.63, 3.8) is 0 Å². The first-order chi connectivity index (χ1) is 21.9. The molecular weight excluding hydrogens is 735 g/mol. The van der Waals surface area contributed by atoms with E-state index in [0.717, 1.165) is 21.0 Å². The van der Waals surface area contributed by atoms with Gasteiger partial charge in [-0.15, -0.1) is 70.1 Å². The van der Waals surface area contributed by atoms with Gasteiger partial charge < -0.3 is 8.85 Å². The maximum absolute atomic E-state index is 6.12. The Morgan fingerprint density at radius 2 is 0.870 bits per heavy atom. The first kappa shape index (κ1) is 38.3. The maximum atomic E-state index is 6.12. The first-order valence-electron chi connectivity index (χ1n) is 15.3. The van der Waals surface area contributed by atoms with Crippen molar-refractivity contribution >= 4 is 64.7 Å². The zero-order valence-corrected chi connectivity index (χ0v) is 35.1. The second kappa shape index (κ2) is 18.4. The van der Waals surface area contributed by atoms with Crippen LogP contribution in [-0.2, 0) is 20.8 Å². The van der Waals surface area contributed by atoms with E-state index in [1.165, 1.54) is 43.8 Å². The van der Waals surface area contributed by atoms with Crippen molar-refractivity contribution in [1.82, 2.24) is 0 Å².